The monoisotopic (exact) mass is 339 g/mol. The molecule has 0 fully saturated rings. The molecule has 3 rings (SSSR count). The van der Waals surface area contributed by atoms with E-state index in [1.807, 2.05) is 0 Å². The predicted molar refractivity (Wildman–Crippen MR) is 82.7 cm³/mol. The van der Waals surface area contributed by atoms with Gasteiger partial charge in [0.25, 0.3) is 0 Å². The van der Waals surface area contributed by atoms with E-state index in [2.05, 4.69) is 30.2 Å². The van der Waals surface area contributed by atoms with Crippen LogP contribution in [0.3, 0.4) is 0 Å². The summed E-state index contributed by atoms with van der Waals surface area (Å²) in [7, 11) is 1.62. The van der Waals surface area contributed by atoms with Gasteiger partial charge in [-0.15, -0.1) is 0 Å². The van der Waals surface area contributed by atoms with Gasteiger partial charge in [-0.1, -0.05) is 23.2 Å². The number of rotatable bonds is 5. The Kier molecular flexibility index (Phi) is 4.37. The first-order chi connectivity index (χ1) is 10.7. The van der Waals surface area contributed by atoms with Crippen LogP contribution in [0.5, 0.6) is 0 Å². The molecule has 1 N–H and O–H groups in total. The van der Waals surface area contributed by atoms with Gasteiger partial charge in [0.2, 0.25) is 11.3 Å². The first kappa shape index (κ1) is 15.0. The summed E-state index contributed by atoms with van der Waals surface area (Å²) in [6, 6.07) is 5.20. The van der Waals surface area contributed by atoms with Gasteiger partial charge in [-0.25, -0.2) is 14.6 Å². The van der Waals surface area contributed by atoms with Crippen molar-refractivity contribution in [2.45, 2.75) is 6.42 Å². The van der Waals surface area contributed by atoms with Crippen LogP contribution in [0, 0.1) is 0 Å². The Morgan fingerprint density at radius 3 is 2.64 bits per heavy atom. The number of hydrogen-bond acceptors (Lipinski definition) is 7. The van der Waals surface area contributed by atoms with E-state index in [-0.39, 0.29) is 0 Å². The van der Waals surface area contributed by atoms with E-state index in [4.69, 9.17) is 27.9 Å². The molecule has 0 saturated heterocycles. The van der Waals surface area contributed by atoms with Gasteiger partial charge in [0, 0.05) is 19.2 Å². The Balaban J connectivity index is 1.97. The molecular weight excluding hydrogens is 329 g/mol. The highest BCUT2D eigenvalue weighted by Crippen LogP contribution is 2.27. The molecule has 1 aromatic carbocycles. The highest BCUT2D eigenvalue weighted by molar-refractivity contribution is 6.42. The third-order valence-corrected chi connectivity index (χ3v) is 3.65. The molecule has 0 saturated carbocycles. The lowest BCUT2D eigenvalue weighted by Crippen LogP contribution is -2.05. The Hall–Kier alpha value is -1.96. The summed E-state index contributed by atoms with van der Waals surface area (Å²) in [6.07, 6.45) is 0.565. The number of fused-ring (bicyclic) bond motifs is 1. The zero-order valence-electron chi connectivity index (χ0n) is 11.5. The maximum Gasteiger partial charge on any atom is 0.245 e. The Morgan fingerprint density at radius 2 is 1.91 bits per heavy atom. The van der Waals surface area contributed by atoms with Crippen LogP contribution in [-0.4, -0.2) is 34.0 Å². The molecule has 0 unspecified atom stereocenters. The fourth-order valence-electron chi connectivity index (χ4n) is 1.86. The number of ether oxygens (including phenoxy) is 1. The fourth-order valence-corrected chi connectivity index (χ4v) is 2.15. The average molecular weight is 340 g/mol. The van der Waals surface area contributed by atoms with E-state index in [1.54, 1.807) is 25.3 Å². The number of benzene rings is 1. The van der Waals surface area contributed by atoms with Crippen molar-refractivity contribution in [2.24, 2.45) is 0 Å². The number of nitrogens with one attached hydrogen (secondary N) is 1. The largest absolute Gasteiger partial charge is 0.384 e. The lowest BCUT2D eigenvalue weighted by Gasteiger charge is -2.10. The Labute approximate surface area is 135 Å². The third kappa shape index (κ3) is 3.11. The lowest BCUT2D eigenvalue weighted by molar-refractivity contribution is 0.201. The molecule has 22 heavy (non-hydrogen) atoms. The van der Waals surface area contributed by atoms with Crippen molar-refractivity contribution in [3.8, 4) is 0 Å². The van der Waals surface area contributed by atoms with Crippen molar-refractivity contribution in [3.63, 3.8) is 0 Å². The van der Waals surface area contributed by atoms with Crippen LogP contribution in [-0.2, 0) is 11.2 Å². The molecule has 0 amide bonds. The van der Waals surface area contributed by atoms with Gasteiger partial charge in [-0.3, -0.25) is 0 Å². The van der Waals surface area contributed by atoms with Gasteiger partial charge >= 0.3 is 0 Å². The van der Waals surface area contributed by atoms with E-state index >= 15 is 0 Å². The molecular formula is C13H11Cl2N5O2. The summed E-state index contributed by atoms with van der Waals surface area (Å²) >= 11 is 11.9. The normalized spacial score (nSPS) is 11.0. The zero-order chi connectivity index (χ0) is 15.5. The van der Waals surface area contributed by atoms with Gasteiger partial charge in [-0.2, -0.15) is 0 Å². The summed E-state index contributed by atoms with van der Waals surface area (Å²) in [5.41, 5.74) is 2.10. The highest BCUT2D eigenvalue weighted by atomic mass is 35.5. The van der Waals surface area contributed by atoms with E-state index in [1.165, 1.54) is 0 Å². The minimum atomic E-state index is 0.323. The van der Waals surface area contributed by atoms with Crippen molar-refractivity contribution in [2.75, 3.05) is 19.0 Å². The Morgan fingerprint density at radius 1 is 1.14 bits per heavy atom. The van der Waals surface area contributed by atoms with Crippen molar-refractivity contribution in [1.82, 2.24) is 20.3 Å². The molecule has 2 heterocycles. The molecule has 0 aliphatic carbocycles. The SMILES string of the molecule is COCCc1nc2nonc2nc1Nc1ccc(Cl)c(Cl)c1. The van der Waals surface area contributed by atoms with Crippen molar-refractivity contribution in [1.29, 1.82) is 0 Å². The van der Waals surface area contributed by atoms with Crippen molar-refractivity contribution < 1.29 is 9.37 Å². The first-order valence-electron chi connectivity index (χ1n) is 6.37. The molecule has 0 aliphatic heterocycles. The standard InChI is InChI=1S/C13H11Cl2N5O2/c1-21-5-4-10-11(18-13-12(17-10)19-22-20-13)16-7-2-3-8(14)9(15)6-7/h2-3,6H,4-5H2,1H3,(H,16,18,20). The van der Waals surface area contributed by atoms with Crippen molar-refractivity contribution in [3.05, 3.63) is 33.9 Å². The van der Waals surface area contributed by atoms with E-state index < -0.39 is 0 Å². The van der Waals surface area contributed by atoms with Crippen LogP contribution < -0.4 is 5.32 Å². The van der Waals surface area contributed by atoms with Crippen LogP contribution >= 0.6 is 23.2 Å². The van der Waals surface area contributed by atoms with Crippen molar-refractivity contribution >= 4 is 46.0 Å². The molecule has 0 bridgehead atoms. The number of aromatic nitrogens is 4. The molecule has 0 aliphatic rings. The van der Waals surface area contributed by atoms with Gasteiger partial charge in [0.1, 0.15) is 0 Å². The molecule has 0 radical (unpaired) electrons. The summed E-state index contributed by atoms with van der Waals surface area (Å²) < 4.78 is 9.73. The zero-order valence-corrected chi connectivity index (χ0v) is 13.0. The quantitative estimate of drug-likeness (QED) is 0.763. The second-order valence-electron chi connectivity index (χ2n) is 4.43. The molecule has 0 atom stereocenters. The van der Waals surface area contributed by atoms with E-state index in [9.17, 15) is 0 Å². The fraction of sp³-hybridized carbons (Fsp3) is 0.231. The summed E-state index contributed by atoms with van der Waals surface area (Å²) in [5, 5.41) is 11.5. The van der Waals surface area contributed by atoms with Crippen LogP contribution in [0.4, 0.5) is 11.5 Å². The van der Waals surface area contributed by atoms with Crippen LogP contribution in [0.15, 0.2) is 22.8 Å². The molecule has 7 nitrogen and oxygen atoms in total. The number of methoxy groups -OCH3 is 1. The second kappa shape index (κ2) is 6.43. The van der Waals surface area contributed by atoms with E-state index in [0.29, 0.717) is 45.9 Å². The molecule has 0 spiro atoms. The molecule has 114 valence electrons. The highest BCUT2D eigenvalue weighted by Gasteiger charge is 2.13. The molecule has 9 heteroatoms. The number of anilines is 2. The average Bonchev–Trinajstić information content (AvgIpc) is 2.95. The second-order valence-corrected chi connectivity index (χ2v) is 5.24. The van der Waals surface area contributed by atoms with Gasteiger partial charge in [0.15, 0.2) is 5.82 Å². The Bertz CT molecular complexity index is 808. The number of nitrogens with zero attached hydrogens (tertiary/aromatic N) is 4. The van der Waals surface area contributed by atoms with Crippen LogP contribution in [0.2, 0.25) is 10.0 Å². The van der Waals surface area contributed by atoms with Gasteiger partial charge < -0.3 is 10.1 Å². The number of halogens is 2. The summed E-state index contributed by atoms with van der Waals surface area (Å²) in [4.78, 5) is 8.74. The minimum Gasteiger partial charge on any atom is -0.384 e. The smallest absolute Gasteiger partial charge is 0.245 e. The van der Waals surface area contributed by atoms with E-state index in [0.717, 1.165) is 5.69 Å². The summed E-state index contributed by atoms with van der Waals surface area (Å²) in [6.45, 7) is 0.502. The third-order valence-electron chi connectivity index (χ3n) is 2.91. The van der Waals surface area contributed by atoms with Gasteiger partial charge in [-0.05, 0) is 28.5 Å². The summed E-state index contributed by atoms with van der Waals surface area (Å²) in [5.74, 6) is 0.540. The molecule has 3 aromatic rings. The molecule has 2 aromatic heterocycles. The lowest BCUT2D eigenvalue weighted by atomic mass is 10.2. The minimum absolute atomic E-state index is 0.323. The maximum atomic E-state index is 6.02. The predicted octanol–water partition coefficient (Wildman–Crippen LogP) is 3.25. The maximum absolute atomic E-state index is 6.02. The number of hydrogen-bond donors (Lipinski definition) is 1. The first-order valence-corrected chi connectivity index (χ1v) is 7.13. The van der Waals surface area contributed by atoms with Gasteiger partial charge in [0.05, 0.1) is 22.3 Å². The van der Waals surface area contributed by atoms with Crippen LogP contribution in [0.1, 0.15) is 5.69 Å². The topological polar surface area (TPSA) is 86.0 Å². The van der Waals surface area contributed by atoms with Crippen LogP contribution in [0.25, 0.3) is 11.3 Å².